The number of piperidine rings is 1. The van der Waals surface area contributed by atoms with Gasteiger partial charge in [0, 0.05) is 16.9 Å². The van der Waals surface area contributed by atoms with E-state index in [9.17, 15) is 0 Å². The van der Waals surface area contributed by atoms with Crippen molar-refractivity contribution in [3.05, 3.63) is 69.7 Å². The molecule has 2 aromatic rings. The Hall–Kier alpha value is -1.12. The quantitative estimate of drug-likeness (QED) is 0.847. The number of benzene rings is 2. The number of hydrogen-bond donors (Lipinski definition) is 1. The van der Waals surface area contributed by atoms with Gasteiger partial charge >= 0.3 is 0 Å². The van der Waals surface area contributed by atoms with Crippen molar-refractivity contribution >= 4 is 15.9 Å². The number of hydrogen-bond acceptors (Lipinski definition) is 1. The topological polar surface area (TPSA) is 12.0 Å². The maximum absolute atomic E-state index is 3.55. The van der Waals surface area contributed by atoms with Crippen LogP contribution in [-0.2, 0) is 0 Å². The highest BCUT2D eigenvalue weighted by Crippen LogP contribution is 2.37. The third-order valence-corrected chi connectivity index (χ3v) is 4.78. The molecule has 0 spiro atoms. The van der Waals surface area contributed by atoms with E-state index in [-0.39, 0.29) is 0 Å². The van der Waals surface area contributed by atoms with Crippen molar-refractivity contribution in [2.75, 3.05) is 13.1 Å². The Morgan fingerprint density at radius 1 is 1.00 bits per heavy atom. The van der Waals surface area contributed by atoms with Crippen LogP contribution >= 0.6 is 15.9 Å². The van der Waals surface area contributed by atoms with E-state index < -0.39 is 0 Å². The molecular formula is C18H20BrN. The fourth-order valence-corrected chi connectivity index (χ4v) is 3.48. The number of nitrogens with one attached hydrogen (secondary N) is 1. The lowest BCUT2D eigenvalue weighted by molar-refractivity contribution is 0.404. The van der Waals surface area contributed by atoms with Crippen molar-refractivity contribution in [2.45, 2.75) is 25.2 Å². The fraction of sp³-hybridized carbons (Fsp3) is 0.333. The summed E-state index contributed by atoms with van der Waals surface area (Å²) in [6.07, 6.45) is 1.21. The molecule has 20 heavy (non-hydrogen) atoms. The first kappa shape index (κ1) is 13.8. The predicted molar refractivity (Wildman–Crippen MR) is 88.3 cm³/mol. The summed E-state index contributed by atoms with van der Waals surface area (Å²) in [5, 5.41) is 3.55. The summed E-state index contributed by atoms with van der Waals surface area (Å²) in [6.45, 7) is 4.36. The van der Waals surface area contributed by atoms with Crippen LogP contribution in [0.5, 0.6) is 0 Å². The maximum Gasteiger partial charge on any atom is 0.0175 e. The van der Waals surface area contributed by atoms with E-state index in [1.54, 1.807) is 0 Å². The van der Waals surface area contributed by atoms with Gasteiger partial charge in [0.25, 0.3) is 0 Å². The van der Waals surface area contributed by atoms with E-state index in [0.29, 0.717) is 11.8 Å². The zero-order chi connectivity index (χ0) is 13.9. The highest BCUT2D eigenvalue weighted by atomic mass is 79.9. The molecular weight excluding hydrogens is 310 g/mol. The number of aryl methyl sites for hydroxylation is 1. The Morgan fingerprint density at radius 2 is 1.80 bits per heavy atom. The van der Waals surface area contributed by atoms with Crippen molar-refractivity contribution in [3.8, 4) is 0 Å². The molecule has 0 bridgehead atoms. The monoisotopic (exact) mass is 329 g/mol. The molecule has 0 aromatic heterocycles. The van der Waals surface area contributed by atoms with Crippen molar-refractivity contribution in [1.29, 1.82) is 0 Å². The van der Waals surface area contributed by atoms with Crippen LogP contribution in [0, 0.1) is 6.92 Å². The molecule has 1 nitrogen and oxygen atoms in total. The van der Waals surface area contributed by atoms with E-state index in [1.807, 2.05) is 0 Å². The van der Waals surface area contributed by atoms with E-state index in [1.165, 1.54) is 23.1 Å². The molecule has 1 N–H and O–H groups in total. The Labute approximate surface area is 129 Å². The van der Waals surface area contributed by atoms with Crippen molar-refractivity contribution in [1.82, 2.24) is 5.32 Å². The second-order valence-corrected chi connectivity index (χ2v) is 6.59. The Kier molecular flexibility index (Phi) is 4.23. The third-order valence-electron chi connectivity index (χ3n) is 4.25. The SMILES string of the molecule is Cc1cccc(C2CNCCC2c2ccc(Br)cc2)c1. The maximum atomic E-state index is 3.55. The smallest absolute Gasteiger partial charge is 0.0175 e. The van der Waals surface area contributed by atoms with Gasteiger partial charge < -0.3 is 5.32 Å². The first-order valence-electron chi connectivity index (χ1n) is 7.27. The van der Waals surface area contributed by atoms with Gasteiger partial charge in [0.2, 0.25) is 0 Å². The molecule has 0 saturated carbocycles. The van der Waals surface area contributed by atoms with Crippen LogP contribution in [0.25, 0.3) is 0 Å². The molecule has 0 radical (unpaired) electrons. The molecule has 1 heterocycles. The van der Waals surface area contributed by atoms with Gasteiger partial charge in [-0.05, 0) is 49.1 Å². The molecule has 2 atom stereocenters. The predicted octanol–water partition coefficient (Wildman–Crippen LogP) is 4.62. The minimum absolute atomic E-state index is 0.574. The van der Waals surface area contributed by atoms with Crippen molar-refractivity contribution in [2.24, 2.45) is 0 Å². The highest BCUT2D eigenvalue weighted by molar-refractivity contribution is 9.10. The molecule has 1 fully saturated rings. The van der Waals surface area contributed by atoms with E-state index >= 15 is 0 Å². The van der Waals surface area contributed by atoms with E-state index in [0.717, 1.165) is 17.6 Å². The molecule has 2 aromatic carbocycles. The zero-order valence-corrected chi connectivity index (χ0v) is 13.4. The van der Waals surface area contributed by atoms with Gasteiger partial charge in [-0.15, -0.1) is 0 Å². The lowest BCUT2D eigenvalue weighted by atomic mass is 9.77. The second kappa shape index (κ2) is 6.11. The van der Waals surface area contributed by atoms with Crippen molar-refractivity contribution < 1.29 is 0 Å². The van der Waals surface area contributed by atoms with Crippen LogP contribution in [0.2, 0.25) is 0 Å². The molecule has 0 aliphatic carbocycles. The van der Waals surface area contributed by atoms with Crippen LogP contribution in [-0.4, -0.2) is 13.1 Å². The average Bonchev–Trinajstić information content (AvgIpc) is 2.48. The van der Waals surface area contributed by atoms with Crippen LogP contribution < -0.4 is 5.32 Å². The number of halogens is 1. The van der Waals surface area contributed by atoms with E-state index in [4.69, 9.17) is 0 Å². The van der Waals surface area contributed by atoms with Crippen LogP contribution in [0.1, 0.15) is 34.9 Å². The summed E-state index contributed by atoms with van der Waals surface area (Å²) in [5.74, 6) is 1.19. The summed E-state index contributed by atoms with van der Waals surface area (Å²) in [4.78, 5) is 0. The largest absolute Gasteiger partial charge is 0.316 e. The van der Waals surface area contributed by atoms with Crippen molar-refractivity contribution in [3.63, 3.8) is 0 Å². The minimum Gasteiger partial charge on any atom is -0.316 e. The van der Waals surface area contributed by atoms with Gasteiger partial charge in [0.15, 0.2) is 0 Å². The molecule has 0 amide bonds. The van der Waals surface area contributed by atoms with Gasteiger partial charge in [0.1, 0.15) is 0 Å². The molecule has 2 heteroatoms. The summed E-state index contributed by atoms with van der Waals surface area (Å²) >= 11 is 3.53. The standard InChI is InChI=1S/C18H20BrN/c1-13-3-2-4-15(11-13)18-12-20-10-9-17(18)14-5-7-16(19)8-6-14/h2-8,11,17-18,20H,9-10,12H2,1H3. The van der Waals surface area contributed by atoms with Gasteiger partial charge in [-0.2, -0.15) is 0 Å². The van der Waals surface area contributed by atoms with Gasteiger partial charge in [-0.25, -0.2) is 0 Å². The van der Waals surface area contributed by atoms with E-state index in [2.05, 4.69) is 76.7 Å². The Balaban J connectivity index is 1.93. The summed E-state index contributed by atoms with van der Waals surface area (Å²) in [5.41, 5.74) is 4.27. The summed E-state index contributed by atoms with van der Waals surface area (Å²) in [6, 6.07) is 17.8. The lowest BCUT2D eigenvalue weighted by Gasteiger charge is -2.33. The van der Waals surface area contributed by atoms with Gasteiger partial charge in [-0.3, -0.25) is 0 Å². The average molecular weight is 330 g/mol. The Bertz CT molecular complexity index is 576. The molecule has 2 unspecified atom stereocenters. The lowest BCUT2D eigenvalue weighted by Crippen LogP contribution is -2.34. The Morgan fingerprint density at radius 3 is 2.55 bits per heavy atom. The zero-order valence-electron chi connectivity index (χ0n) is 11.8. The first-order valence-corrected chi connectivity index (χ1v) is 8.06. The first-order chi connectivity index (χ1) is 9.74. The van der Waals surface area contributed by atoms with Crippen LogP contribution in [0.15, 0.2) is 53.0 Å². The molecule has 1 saturated heterocycles. The normalized spacial score (nSPS) is 22.7. The molecule has 1 aliphatic heterocycles. The molecule has 3 rings (SSSR count). The second-order valence-electron chi connectivity index (χ2n) is 5.67. The molecule has 1 aliphatic rings. The highest BCUT2D eigenvalue weighted by Gasteiger charge is 2.27. The van der Waals surface area contributed by atoms with Gasteiger partial charge in [-0.1, -0.05) is 57.9 Å². The summed E-state index contributed by atoms with van der Waals surface area (Å²) in [7, 11) is 0. The molecule has 104 valence electrons. The van der Waals surface area contributed by atoms with Gasteiger partial charge in [0.05, 0.1) is 0 Å². The van der Waals surface area contributed by atoms with Crippen LogP contribution in [0.3, 0.4) is 0 Å². The van der Waals surface area contributed by atoms with Crippen LogP contribution in [0.4, 0.5) is 0 Å². The fourth-order valence-electron chi connectivity index (χ4n) is 3.22. The third kappa shape index (κ3) is 2.97. The minimum atomic E-state index is 0.574. The number of rotatable bonds is 2. The summed E-state index contributed by atoms with van der Waals surface area (Å²) < 4.78 is 1.15.